The molecule has 1 fully saturated rings. The molecule has 0 saturated carbocycles. The number of carbonyl (C=O) groups excluding carboxylic acids is 2. The van der Waals surface area contributed by atoms with Gasteiger partial charge in [0.2, 0.25) is 11.8 Å². The van der Waals surface area contributed by atoms with E-state index in [4.69, 9.17) is 4.74 Å². The third-order valence-corrected chi connectivity index (χ3v) is 4.34. The fourth-order valence-corrected chi connectivity index (χ4v) is 2.87. The Morgan fingerprint density at radius 2 is 2.14 bits per heavy atom. The average molecular weight is 355 g/mol. The second-order valence-electron chi connectivity index (χ2n) is 5.39. The topological polar surface area (TPSA) is 58.6 Å². The summed E-state index contributed by atoms with van der Waals surface area (Å²) in [5.41, 5.74) is 0.919. The third kappa shape index (κ3) is 3.37. The molecule has 1 atom stereocenters. The Hall–Kier alpha value is -1.56. The minimum absolute atomic E-state index is 0.0543. The standard InChI is InChI=1S/C15H19BrN2O3/c1-9(2)14-15(20)17-7-13(19)18(14)8-10-6-11(21-3)4-5-12(10)16/h4-6,9,14H,7-8H2,1-3H3,(H,17,20). The Balaban J connectivity index is 2.30. The van der Waals surface area contributed by atoms with E-state index in [2.05, 4.69) is 21.2 Å². The highest BCUT2D eigenvalue weighted by Gasteiger charge is 2.36. The molecule has 1 aromatic carbocycles. The quantitative estimate of drug-likeness (QED) is 0.898. The molecule has 2 amide bonds. The van der Waals surface area contributed by atoms with Crippen LogP contribution in [0.25, 0.3) is 0 Å². The maximum absolute atomic E-state index is 12.2. The monoisotopic (exact) mass is 354 g/mol. The second kappa shape index (κ2) is 6.47. The van der Waals surface area contributed by atoms with E-state index in [0.29, 0.717) is 6.54 Å². The molecule has 1 heterocycles. The van der Waals surface area contributed by atoms with Crippen molar-refractivity contribution in [3.8, 4) is 5.75 Å². The van der Waals surface area contributed by atoms with Gasteiger partial charge in [-0.05, 0) is 29.7 Å². The van der Waals surface area contributed by atoms with E-state index in [1.165, 1.54) is 0 Å². The highest BCUT2D eigenvalue weighted by molar-refractivity contribution is 9.10. The summed E-state index contributed by atoms with van der Waals surface area (Å²) in [6.07, 6.45) is 0. The number of piperazine rings is 1. The molecule has 1 N–H and O–H groups in total. The molecule has 0 bridgehead atoms. The Labute approximate surface area is 132 Å². The fourth-order valence-electron chi connectivity index (χ4n) is 2.50. The first kappa shape index (κ1) is 15.8. The van der Waals surface area contributed by atoms with Gasteiger partial charge in [-0.2, -0.15) is 0 Å². The highest BCUT2D eigenvalue weighted by atomic mass is 79.9. The molecule has 114 valence electrons. The molecular formula is C15H19BrN2O3. The van der Waals surface area contributed by atoms with Crippen LogP contribution in [0.5, 0.6) is 5.75 Å². The van der Waals surface area contributed by atoms with Gasteiger partial charge in [0.25, 0.3) is 0 Å². The maximum Gasteiger partial charge on any atom is 0.243 e. The lowest BCUT2D eigenvalue weighted by Crippen LogP contribution is -2.59. The number of rotatable bonds is 4. The molecular weight excluding hydrogens is 336 g/mol. The smallest absolute Gasteiger partial charge is 0.243 e. The molecule has 1 aliphatic rings. The van der Waals surface area contributed by atoms with E-state index in [0.717, 1.165) is 15.8 Å². The molecule has 21 heavy (non-hydrogen) atoms. The van der Waals surface area contributed by atoms with Crippen LogP contribution in [0.1, 0.15) is 19.4 Å². The van der Waals surface area contributed by atoms with Crippen LogP contribution in [0.15, 0.2) is 22.7 Å². The summed E-state index contributed by atoms with van der Waals surface area (Å²) in [6, 6.07) is 5.16. The number of ether oxygens (including phenoxy) is 1. The van der Waals surface area contributed by atoms with Gasteiger partial charge in [-0.15, -0.1) is 0 Å². The fraction of sp³-hybridized carbons (Fsp3) is 0.467. The number of benzene rings is 1. The summed E-state index contributed by atoms with van der Waals surface area (Å²) in [5, 5.41) is 2.65. The Morgan fingerprint density at radius 3 is 2.76 bits per heavy atom. The van der Waals surface area contributed by atoms with Gasteiger partial charge < -0.3 is 15.0 Å². The van der Waals surface area contributed by atoms with Crippen LogP contribution in [-0.4, -0.2) is 36.4 Å². The Kier molecular flexibility index (Phi) is 4.88. The number of methoxy groups -OCH3 is 1. The van der Waals surface area contributed by atoms with Gasteiger partial charge in [0, 0.05) is 11.0 Å². The van der Waals surface area contributed by atoms with E-state index in [9.17, 15) is 9.59 Å². The lowest BCUT2D eigenvalue weighted by atomic mass is 9.98. The van der Waals surface area contributed by atoms with Crippen LogP contribution in [0.3, 0.4) is 0 Å². The zero-order valence-electron chi connectivity index (χ0n) is 12.4. The summed E-state index contributed by atoms with van der Waals surface area (Å²) >= 11 is 3.48. The molecule has 1 saturated heterocycles. The van der Waals surface area contributed by atoms with Crippen molar-refractivity contribution in [2.75, 3.05) is 13.7 Å². The molecule has 1 unspecified atom stereocenters. The summed E-state index contributed by atoms with van der Waals surface area (Å²) in [7, 11) is 1.60. The van der Waals surface area contributed by atoms with Crippen molar-refractivity contribution < 1.29 is 14.3 Å². The first-order valence-electron chi connectivity index (χ1n) is 6.83. The number of nitrogens with one attached hydrogen (secondary N) is 1. The molecule has 5 nitrogen and oxygen atoms in total. The second-order valence-corrected chi connectivity index (χ2v) is 6.24. The molecule has 1 aromatic rings. The predicted octanol–water partition coefficient (Wildman–Crippen LogP) is 1.94. The SMILES string of the molecule is COc1ccc(Br)c(CN2C(=O)CNC(=O)C2C(C)C)c1. The number of hydrogen-bond acceptors (Lipinski definition) is 3. The van der Waals surface area contributed by atoms with Crippen molar-refractivity contribution in [3.05, 3.63) is 28.2 Å². The van der Waals surface area contributed by atoms with Gasteiger partial charge in [-0.1, -0.05) is 29.8 Å². The van der Waals surface area contributed by atoms with Crippen molar-refractivity contribution >= 4 is 27.7 Å². The summed E-state index contributed by atoms with van der Waals surface area (Å²) < 4.78 is 6.11. The minimum atomic E-state index is -0.440. The average Bonchev–Trinajstić information content (AvgIpc) is 2.44. The Morgan fingerprint density at radius 1 is 1.43 bits per heavy atom. The molecule has 0 aromatic heterocycles. The third-order valence-electron chi connectivity index (χ3n) is 3.56. The van der Waals surface area contributed by atoms with Crippen LogP contribution in [-0.2, 0) is 16.1 Å². The van der Waals surface area contributed by atoms with Gasteiger partial charge in [0.05, 0.1) is 13.7 Å². The lowest BCUT2D eigenvalue weighted by Gasteiger charge is -2.37. The van der Waals surface area contributed by atoms with Gasteiger partial charge in [0.15, 0.2) is 0 Å². The number of amides is 2. The van der Waals surface area contributed by atoms with E-state index >= 15 is 0 Å². The summed E-state index contributed by atoms with van der Waals surface area (Å²) in [5.74, 6) is 0.619. The van der Waals surface area contributed by atoms with E-state index in [1.54, 1.807) is 12.0 Å². The first-order chi connectivity index (χ1) is 9.93. The van der Waals surface area contributed by atoms with Crippen LogP contribution >= 0.6 is 15.9 Å². The van der Waals surface area contributed by atoms with Crippen LogP contribution in [0.4, 0.5) is 0 Å². The normalized spacial score (nSPS) is 18.9. The highest BCUT2D eigenvalue weighted by Crippen LogP contribution is 2.26. The van der Waals surface area contributed by atoms with Gasteiger partial charge in [0.1, 0.15) is 11.8 Å². The lowest BCUT2D eigenvalue weighted by molar-refractivity contribution is -0.148. The van der Waals surface area contributed by atoms with Crippen molar-refractivity contribution in [1.29, 1.82) is 0 Å². The van der Waals surface area contributed by atoms with Gasteiger partial charge in [-0.25, -0.2) is 0 Å². The number of nitrogens with zero attached hydrogens (tertiary/aromatic N) is 1. The summed E-state index contributed by atoms with van der Waals surface area (Å²) in [6.45, 7) is 4.32. The van der Waals surface area contributed by atoms with Crippen molar-refractivity contribution in [3.63, 3.8) is 0 Å². The first-order valence-corrected chi connectivity index (χ1v) is 7.63. The van der Waals surface area contributed by atoms with E-state index in [-0.39, 0.29) is 24.3 Å². The van der Waals surface area contributed by atoms with Crippen LogP contribution in [0, 0.1) is 5.92 Å². The number of halogens is 1. The zero-order chi connectivity index (χ0) is 15.6. The van der Waals surface area contributed by atoms with Crippen molar-refractivity contribution in [2.24, 2.45) is 5.92 Å². The van der Waals surface area contributed by atoms with Crippen molar-refractivity contribution in [1.82, 2.24) is 10.2 Å². The minimum Gasteiger partial charge on any atom is -0.497 e. The number of carbonyl (C=O) groups is 2. The van der Waals surface area contributed by atoms with E-state index in [1.807, 2.05) is 32.0 Å². The Bertz CT molecular complexity index is 560. The molecule has 0 aliphatic carbocycles. The van der Waals surface area contributed by atoms with E-state index < -0.39 is 6.04 Å². The molecule has 0 radical (unpaired) electrons. The number of hydrogen-bond donors (Lipinski definition) is 1. The molecule has 1 aliphatic heterocycles. The zero-order valence-corrected chi connectivity index (χ0v) is 13.9. The van der Waals surface area contributed by atoms with Crippen LogP contribution < -0.4 is 10.1 Å². The van der Waals surface area contributed by atoms with Gasteiger partial charge >= 0.3 is 0 Å². The van der Waals surface area contributed by atoms with Gasteiger partial charge in [-0.3, -0.25) is 9.59 Å². The molecule has 6 heteroatoms. The largest absolute Gasteiger partial charge is 0.497 e. The maximum atomic E-state index is 12.2. The van der Waals surface area contributed by atoms with Crippen molar-refractivity contribution in [2.45, 2.75) is 26.4 Å². The van der Waals surface area contributed by atoms with Crippen LogP contribution in [0.2, 0.25) is 0 Å². The predicted molar refractivity (Wildman–Crippen MR) is 82.9 cm³/mol. The molecule has 2 rings (SSSR count). The molecule has 0 spiro atoms. The summed E-state index contributed by atoms with van der Waals surface area (Å²) in [4.78, 5) is 25.9.